The molecule has 28 heavy (non-hydrogen) atoms. The van der Waals surface area contributed by atoms with Crippen LogP contribution in [0.25, 0.3) is 0 Å². The molecular weight excluding hydrogens is 378 g/mol. The molecule has 0 saturated carbocycles. The number of nitrogens with zero attached hydrogens (tertiary/aromatic N) is 5. The minimum absolute atomic E-state index is 0.198. The van der Waals surface area contributed by atoms with Crippen molar-refractivity contribution in [1.82, 2.24) is 24.2 Å². The molecule has 2 aromatic rings. The molecule has 0 atom stereocenters. The van der Waals surface area contributed by atoms with E-state index >= 15 is 0 Å². The van der Waals surface area contributed by atoms with Crippen LogP contribution in [0.1, 0.15) is 31.0 Å². The van der Waals surface area contributed by atoms with Crippen LogP contribution in [0.4, 0.5) is 0 Å². The van der Waals surface area contributed by atoms with Gasteiger partial charge in [-0.2, -0.15) is 4.31 Å². The van der Waals surface area contributed by atoms with E-state index in [2.05, 4.69) is 22.1 Å². The van der Waals surface area contributed by atoms with Gasteiger partial charge in [0, 0.05) is 39.4 Å². The molecule has 0 spiro atoms. The molecule has 0 N–H and O–H groups in total. The van der Waals surface area contributed by atoms with Gasteiger partial charge >= 0.3 is 0 Å². The summed E-state index contributed by atoms with van der Waals surface area (Å²) in [6.07, 6.45) is 3.91. The van der Waals surface area contributed by atoms with Gasteiger partial charge in [-0.05, 0) is 24.1 Å². The SMILES string of the molecule is CCCCn1cc(CN(C)S(=O)(=O)c2ccc(CN3CCOCC3)cc2)nn1. The van der Waals surface area contributed by atoms with Crippen molar-refractivity contribution in [2.75, 3.05) is 33.4 Å². The minimum atomic E-state index is -3.57. The third kappa shape index (κ3) is 5.38. The smallest absolute Gasteiger partial charge is 0.243 e. The maximum Gasteiger partial charge on any atom is 0.243 e. The molecule has 1 saturated heterocycles. The third-order valence-corrected chi connectivity index (χ3v) is 6.67. The zero-order valence-corrected chi connectivity index (χ0v) is 17.4. The number of hydrogen-bond acceptors (Lipinski definition) is 6. The van der Waals surface area contributed by atoms with Crippen molar-refractivity contribution in [3.63, 3.8) is 0 Å². The standard InChI is InChI=1S/C19H29N5O3S/c1-3-4-9-24-16-18(20-21-24)15-22(2)28(25,26)19-7-5-17(6-8-19)14-23-10-12-27-13-11-23/h5-8,16H,3-4,9-15H2,1-2H3. The number of aryl methyl sites for hydroxylation is 1. The van der Waals surface area contributed by atoms with Crippen molar-refractivity contribution in [1.29, 1.82) is 0 Å². The van der Waals surface area contributed by atoms with Gasteiger partial charge in [0.05, 0.1) is 30.3 Å². The van der Waals surface area contributed by atoms with E-state index in [4.69, 9.17) is 4.74 Å². The molecule has 1 fully saturated rings. The third-order valence-electron chi connectivity index (χ3n) is 4.85. The maximum absolute atomic E-state index is 12.9. The van der Waals surface area contributed by atoms with Crippen molar-refractivity contribution >= 4 is 10.0 Å². The number of rotatable bonds is 9. The van der Waals surface area contributed by atoms with Crippen LogP contribution in [-0.2, 0) is 34.4 Å². The zero-order valence-electron chi connectivity index (χ0n) is 16.6. The van der Waals surface area contributed by atoms with Crippen molar-refractivity contribution in [2.45, 2.75) is 44.3 Å². The lowest BCUT2D eigenvalue weighted by Gasteiger charge is -2.26. The van der Waals surface area contributed by atoms with Crippen molar-refractivity contribution in [3.05, 3.63) is 41.7 Å². The number of benzene rings is 1. The van der Waals surface area contributed by atoms with E-state index in [1.165, 1.54) is 4.31 Å². The topological polar surface area (TPSA) is 80.6 Å². The fraction of sp³-hybridized carbons (Fsp3) is 0.579. The lowest BCUT2D eigenvalue weighted by Crippen LogP contribution is -2.35. The molecule has 1 aromatic heterocycles. The summed E-state index contributed by atoms with van der Waals surface area (Å²) in [5.41, 5.74) is 1.74. The van der Waals surface area contributed by atoms with Gasteiger partial charge in [-0.25, -0.2) is 8.42 Å². The van der Waals surface area contributed by atoms with E-state index in [-0.39, 0.29) is 6.54 Å². The summed E-state index contributed by atoms with van der Waals surface area (Å²) in [5.74, 6) is 0. The number of sulfonamides is 1. The fourth-order valence-corrected chi connectivity index (χ4v) is 4.26. The summed E-state index contributed by atoms with van der Waals surface area (Å²) >= 11 is 0. The Balaban J connectivity index is 1.61. The minimum Gasteiger partial charge on any atom is -0.379 e. The van der Waals surface area contributed by atoms with Crippen LogP contribution in [0.2, 0.25) is 0 Å². The van der Waals surface area contributed by atoms with E-state index in [0.717, 1.165) is 57.8 Å². The van der Waals surface area contributed by atoms with E-state index in [1.807, 2.05) is 18.3 Å². The molecule has 0 unspecified atom stereocenters. The average molecular weight is 408 g/mol. The van der Waals surface area contributed by atoms with E-state index in [1.54, 1.807) is 23.9 Å². The quantitative estimate of drug-likeness (QED) is 0.630. The molecule has 1 aromatic carbocycles. The highest BCUT2D eigenvalue weighted by molar-refractivity contribution is 7.89. The number of ether oxygens (including phenoxy) is 1. The normalized spacial score (nSPS) is 16.0. The summed E-state index contributed by atoms with van der Waals surface area (Å²) in [5, 5.41) is 8.15. The average Bonchev–Trinajstić information content (AvgIpc) is 3.15. The maximum atomic E-state index is 12.9. The molecule has 8 nitrogen and oxygen atoms in total. The van der Waals surface area contributed by atoms with Gasteiger partial charge in [-0.3, -0.25) is 9.58 Å². The lowest BCUT2D eigenvalue weighted by atomic mass is 10.2. The Kier molecular flexibility index (Phi) is 7.17. The van der Waals surface area contributed by atoms with Crippen LogP contribution >= 0.6 is 0 Å². The Morgan fingerprint density at radius 3 is 2.57 bits per heavy atom. The second kappa shape index (κ2) is 9.60. The van der Waals surface area contributed by atoms with Gasteiger partial charge in [-0.1, -0.05) is 30.7 Å². The largest absolute Gasteiger partial charge is 0.379 e. The highest BCUT2D eigenvalue weighted by Gasteiger charge is 2.22. The van der Waals surface area contributed by atoms with E-state index in [9.17, 15) is 8.42 Å². The first kappa shape index (κ1) is 20.9. The highest BCUT2D eigenvalue weighted by atomic mass is 32.2. The molecular formula is C19H29N5O3S. The predicted molar refractivity (Wildman–Crippen MR) is 106 cm³/mol. The van der Waals surface area contributed by atoms with Gasteiger partial charge in [-0.15, -0.1) is 5.10 Å². The van der Waals surface area contributed by atoms with Gasteiger partial charge < -0.3 is 4.74 Å². The van der Waals surface area contributed by atoms with Crippen LogP contribution < -0.4 is 0 Å². The number of morpholine rings is 1. The molecule has 3 rings (SSSR count). The van der Waals surface area contributed by atoms with Crippen LogP contribution in [0.3, 0.4) is 0 Å². The summed E-state index contributed by atoms with van der Waals surface area (Å²) in [7, 11) is -2.00. The van der Waals surface area contributed by atoms with Crippen molar-refractivity contribution in [2.24, 2.45) is 0 Å². The van der Waals surface area contributed by atoms with E-state index < -0.39 is 10.0 Å². The van der Waals surface area contributed by atoms with Gasteiger partial charge in [0.15, 0.2) is 0 Å². The monoisotopic (exact) mass is 407 g/mol. The molecule has 0 bridgehead atoms. The lowest BCUT2D eigenvalue weighted by molar-refractivity contribution is 0.0342. The number of hydrogen-bond donors (Lipinski definition) is 0. The summed E-state index contributed by atoms with van der Waals surface area (Å²) in [6, 6.07) is 7.13. The van der Waals surface area contributed by atoms with Gasteiger partial charge in [0.2, 0.25) is 10.0 Å². The van der Waals surface area contributed by atoms with Crippen molar-refractivity contribution in [3.8, 4) is 0 Å². The van der Waals surface area contributed by atoms with Crippen LogP contribution in [0.5, 0.6) is 0 Å². The first-order valence-corrected chi connectivity index (χ1v) is 11.2. The van der Waals surface area contributed by atoms with Crippen LogP contribution in [0.15, 0.2) is 35.4 Å². The Morgan fingerprint density at radius 1 is 1.18 bits per heavy atom. The molecule has 0 radical (unpaired) electrons. The molecule has 9 heteroatoms. The van der Waals surface area contributed by atoms with Gasteiger partial charge in [0.25, 0.3) is 0 Å². The Labute approximate surface area is 167 Å². The molecule has 0 amide bonds. The molecule has 0 aliphatic carbocycles. The molecule has 2 heterocycles. The summed E-state index contributed by atoms with van der Waals surface area (Å²) in [6.45, 7) is 7.23. The first-order chi connectivity index (χ1) is 13.5. The number of aromatic nitrogens is 3. The fourth-order valence-electron chi connectivity index (χ4n) is 3.12. The summed E-state index contributed by atoms with van der Waals surface area (Å²) in [4.78, 5) is 2.60. The summed E-state index contributed by atoms with van der Waals surface area (Å²) < 4.78 is 34.2. The van der Waals surface area contributed by atoms with E-state index in [0.29, 0.717) is 10.6 Å². The predicted octanol–water partition coefficient (Wildman–Crippen LogP) is 1.73. The van der Waals surface area contributed by atoms with Gasteiger partial charge in [0.1, 0.15) is 0 Å². The second-order valence-electron chi connectivity index (χ2n) is 7.12. The molecule has 1 aliphatic rings. The zero-order chi connectivity index (χ0) is 20.0. The molecule has 154 valence electrons. The number of unbranched alkanes of at least 4 members (excludes halogenated alkanes) is 1. The Morgan fingerprint density at radius 2 is 1.89 bits per heavy atom. The Hall–Kier alpha value is -1.81. The molecule has 1 aliphatic heterocycles. The van der Waals surface area contributed by atoms with Crippen molar-refractivity contribution < 1.29 is 13.2 Å². The first-order valence-electron chi connectivity index (χ1n) is 9.73. The van der Waals surface area contributed by atoms with Crippen LogP contribution in [-0.4, -0.2) is 66.0 Å². The second-order valence-corrected chi connectivity index (χ2v) is 9.16. The Bertz CT molecular complexity index is 845. The van der Waals surface area contributed by atoms with Crippen LogP contribution in [0, 0.1) is 0 Å². The highest BCUT2D eigenvalue weighted by Crippen LogP contribution is 2.18.